The number of hydrogen-bond acceptors (Lipinski definition) is 11. The lowest BCUT2D eigenvalue weighted by molar-refractivity contribution is -0.104. The Bertz CT molecular complexity index is 867. The van der Waals surface area contributed by atoms with Crippen molar-refractivity contribution in [1.29, 1.82) is 0 Å². The van der Waals surface area contributed by atoms with Crippen molar-refractivity contribution in [2.45, 2.75) is 65.2 Å². The van der Waals surface area contributed by atoms with E-state index < -0.39 is 0 Å². The molecule has 1 aliphatic heterocycles. The fourth-order valence-corrected chi connectivity index (χ4v) is 5.06. The van der Waals surface area contributed by atoms with E-state index in [0.29, 0.717) is 37.2 Å². The Morgan fingerprint density at radius 2 is 1.59 bits per heavy atom. The predicted molar refractivity (Wildman–Crippen MR) is 170 cm³/mol. The van der Waals surface area contributed by atoms with E-state index >= 15 is 0 Å². The molecular formula is C30H52N6O4S. The summed E-state index contributed by atoms with van der Waals surface area (Å²) in [5.74, 6) is 2.94. The first-order valence-corrected chi connectivity index (χ1v) is 16.2. The van der Waals surface area contributed by atoms with Crippen LogP contribution in [0.4, 0.5) is 11.6 Å². The Hall–Kier alpha value is -2.05. The standard InChI is InChI=1S/C30H52N6O4S/c1-4-5-6-10-17-38-19-21-40-22-20-39-18-11-8-7-9-12-35-13-15-36(16-14-35)30-23-29(33-27(2)34-30)32-26-41-28(25-37)24-31-3/h23-25H,3-22,26H2,1-2H3,(H,32,33,34)/b28-24-. The largest absolute Gasteiger partial charge is 0.379 e. The van der Waals surface area contributed by atoms with Gasteiger partial charge in [-0.15, -0.1) is 0 Å². The molecule has 0 aromatic carbocycles. The molecule has 0 bridgehead atoms. The first kappa shape index (κ1) is 35.1. The second-order valence-electron chi connectivity index (χ2n) is 10.1. The van der Waals surface area contributed by atoms with Gasteiger partial charge in [-0.3, -0.25) is 14.7 Å². The van der Waals surface area contributed by atoms with Gasteiger partial charge in [-0.05, 0) is 39.4 Å². The van der Waals surface area contributed by atoms with Crippen LogP contribution in [-0.4, -0.2) is 106 Å². The summed E-state index contributed by atoms with van der Waals surface area (Å²) in [6, 6.07) is 1.98. The fraction of sp³-hybridized carbons (Fsp3) is 0.733. The number of aldehydes is 1. The van der Waals surface area contributed by atoms with Crippen LogP contribution in [-0.2, 0) is 19.0 Å². The van der Waals surface area contributed by atoms with Crippen molar-refractivity contribution < 1.29 is 19.0 Å². The average Bonchev–Trinajstić information content (AvgIpc) is 2.98. The number of allylic oxidation sites excluding steroid dienone is 1. The number of aliphatic imine (C=N–C) groups is 1. The van der Waals surface area contributed by atoms with E-state index in [9.17, 15) is 4.79 Å². The van der Waals surface area contributed by atoms with Gasteiger partial charge in [0.05, 0.1) is 37.2 Å². The molecule has 1 fully saturated rings. The SMILES string of the molecule is C=N/C=C(/C=O)SCNc1cc(N2CCN(CCCCCCOCCOCCOCCCCCC)CC2)nc(C)n1. The summed E-state index contributed by atoms with van der Waals surface area (Å²) in [6.45, 7) is 16.9. The predicted octanol–water partition coefficient (Wildman–Crippen LogP) is 4.94. The average molecular weight is 593 g/mol. The number of nitrogens with one attached hydrogen (secondary N) is 1. The third-order valence-electron chi connectivity index (χ3n) is 6.75. The summed E-state index contributed by atoms with van der Waals surface area (Å²) in [7, 11) is 0. The number of rotatable bonds is 25. The molecule has 0 aliphatic carbocycles. The monoisotopic (exact) mass is 592 g/mol. The molecule has 0 amide bonds. The highest BCUT2D eigenvalue weighted by Gasteiger charge is 2.18. The Morgan fingerprint density at radius 3 is 2.22 bits per heavy atom. The van der Waals surface area contributed by atoms with E-state index in [1.807, 2.05) is 13.0 Å². The number of nitrogens with zero attached hydrogens (tertiary/aromatic N) is 5. The normalized spacial score (nSPS) is 14.4. The number of ether oxygens (including phenoxy) is 3. The molecule has 1 aromatic heterocycles. The number of thioether (sulfide) groups is 1. The van der Waals surface area contributed by atoms with Gasteiger partial charge in [0.15, 0.2) is 6.29 Å². The van der Waals surface area contributed by atoms with Crippen LogP contribution in [0.25, 0.3) is 0 Å². The second kappa shape index (κ2) is 23.5. The van der Waals surface area contributed by atoms with Gasteiger partial charge in [0, 0.05) is 51.7 Å². The first-order chi connectivity index (χ1) is 20.2. The lowest BCUT2D eigenvalue weighted by Crippen LogP contribution is -2.47. The van der Waals surface area contributed by atoms with Gasteiger partial charge in [0.2, 0.25) is 0 Å². The Kier molecular flexibility index (Phi) is 20.2. The molecule has 10 nitrogen and oxygen atoms in total. The van der Waals surface area contributed by atoms with Crippen molar-refractivity contribution in [2.75, 3.05) is 88.5 Å². The summed E-state index contributed by atoms with van der Waals surface area (Å²) in [5.41, 5.74) is 0. The molecule has 232 valence electrons. The minimum atomic E-state index is 0.513. The zero-order chi connectivity index (χ0) is 29.4. The third-order valence-corrected chi connectivity index (χ3v) is 7.57. The van der Waals surface area contributed by atoms with Crippen molar-refractivity contribution in [2.24, 2.45) is 4.99 Å². The van der Waals surface area contributed by atoms with Crippen LogP contribution in [0.3, 0.4) is 0 Å². The van der Waals surface area contributed by atoms with Crippen LogP contribution in [0, 0.1) is 6.92 Å². The molecule has 0 saturated carbocycles. The number of unbranched alkanes of at least 4 members (excludes halogenated alkanes) is 6. The highest BCUT2D eigenvalue weighted by Crippen LogP contribution is 2.20. The summed E-state index contributed by atoms with van der Waals surface area (Å²) < 4.78 is 16.8. The smallest absolute Gasteiger partial charge is 0.158 e. The van der Waals surface area contributed by atoms with Crippen LogP contribution in [0.5, 0.6) is 0 Å². The minimum Gasteiger partial charge on any atom is -0.379 e. The van der Waals surface area contributed by atoms with Gasteiger partial charge < -0.3 is 24.4 Å². The summed E-state index contributed by atoms with van der Waals surface area (Å²) in [5, 5.41) is 3.26. The molecule has 1 aromatic rings. The van der Waals surface area contributed by atoms with E-state index in [0.717, 1.165) is 82.5 Å². The molecule has 2 rings (SSSR count). The summed E-state index contributed by atoms with van der Waals surface area (Å²) in [6.07, 6.45) is 12.0. The molecule has 41 heavy (non-hydrogen) atoms. The molecule has 1 N–H and O–H groups in total. The van der Waals surface area contributed by atoms with Crippen molar-refractivity contribution in [3.8, 4) is 0 Å². The Morgan fingerprint density at radius 1 is 0.951 bits per heavy atom. The lowest BCUT2D eigenvalue weighted by atomic mass is 10.2. The molecule has 2 heterocycles. The molecule has 0 radical (unpaired) electrons. The zero-order valence-corrected chi connectivity index (χ0v) is 26.2. The van der Waals surface area contributed by atoms with Crippen molar-refractivity contribution >= 4 is 36.4 Å². The highest BCUT2D eigenvalue weighted by molar-refractivity contribution is 8.03. The van der Waals surface area contributed by atoms with Gasteiger partial charge in [-0.2, -0.15) is 0 Å². The Balaban J connectivity index is 1.47. The van der Waals surface area contributed by atoms with Gasteiger partial charge in [0.25, 0.3) is 0 Å². The number of aromatic nitrogens is 2. The van der Waals surface area contributed by atoms with Gasteiger partial charge in [-0.25, -0.2) is 9.97 Å². The lowest BCUT2D eigenvalue weighted by Gasteiger charge is -2.35. The van der Waals surface area contributed by atoms with E-state index in [4.69, 9.17) is 14.2 Å². The number of carbonyl (C=O) groups excluding carboxylic acids is 1. The highest BCUT2D eigenvalue weighted by atomic mass is 32.2. The van der Waals surface area contributed by atoms with E-state index in [-0.39, 0.29) is 0 Å². The maximum absolute atomic E-state index is 11.0. The van der Waals surface area contributed by atoms with Gasteiger partial charge in [-0.1, -0.05) is 50.8 Å². The van der Waals surface area contributed by atoms with E-state index in [1.54, 1.807) is 0 Å². The van der Waals surface area contributed by atoms with Crippen molar-refractivity contribution in [1.82, 2.24) is 14.9 Å². The number of aryl methyl sites for hydroxylation is 1. The third kappa shape index (κ3) is 16.9. The molecule has 0 atom stereocenters. The van der Waals surface area contributed by atoms with Crippen LogP contribution in [0.2, 0.25) is 0 Å². The molecule has 0 unspecified atom stereocenters. The maximum atomic E-state index is 11.0. The number of hydrogen-bond donors (Lipinski definition) is 1. The Labute approximate surface area is 251 Å². The zero-order valence-electron chi connectivity index (χ0n) is 25.4. The van der Waals surface area contributed by atoms with Crippen molar-refractivity contribution in [3.05, 3.63) is 23.0 Å². The topological polar surface area (TPSA) is 101 Å². The van der Waals surface area contributed by atoms with Crippen LogP contribution < -0.4 is 10.2 Å². The first-order valence-electron chi connectivity index (χ1n) is 15.2. The number of piperazine rings is 1. The van der Waals surface area contributed by atoms with Crippen molar-refractivity contribution in [3.63, 3.8) is 0 Å². The van der Waals surface area contributed by atoms with E-state index in [2.05, 4.69) is 43.7 Å². The second-order valence-corrected chi connectivity index (χ2v) is 11.1. The minimum absolute atomic E-state index is 0.513. The molecule has 1 saturated heterocycles. The van der Waals surface area contributed by atoms with Gasteiger partial charge >= 0.3 is 0 Å². The molecule has 1 aliphatic rings. The number of carbonyl (C=O) groups is 1. The summed E-state index contributed by atoms with van der Waals surface area (Å²) in [4.78, 5) is 29.2. The maximum Gasteiger partial charge on any atom is 0.158 e. The fourth-order valence-electron chi connectivity index (χ4n) is 4.46. The van der Waals surface area contributed by atoms with Crippen LogP contribution >= 0.6 is 11.8 Å². The molecular weight excluding hydrogens is 540 g/mol. The number of anilines is 2. The van der Waals surface area contributed by atoms with Crippen LogP contribution in [0.1, 0.15) is 64.1 Å². The molecule has 11 heteroatoms. The quantitative estimate of drug-likeness (QED) is 0.0552. The van der Waals surface area contributed by atoms with Crippen LogP contribution in [0.15, 0.2) is 22.2 Å². The van der Waals surface area contributed by atoms with E-state index in [1.165, 1.54) is 56.5 Å². The summed E-state index contributed by atoms with van der Waals surface area (Å²) >= 11 is 1.36. The molecule has 0 spiro atoms. The van der Waals surface area contributed by atoms with Gasteiger partial charge in [0.1, 0.15) is 17.5 Å².